The number of hydrogen-bond donors (Lipinski definition) is 1. The van der Waals surface area contributed by atoms with Gasteiger partial charge in [-0.1, -0.05) is 31.0 Å². The first-order chi connectivity index (χ1) is 10.3. The predicted octanol–water partition coefficient (Wildman–Crippen LogP) is 4.52. The molecule has 1 aliphatic carbocycles. The molecule has 1 aliphatic rings. The van der Waals surface area contributed by atoms with E-state index in [1.807, 2.05) is 6.07 Å². The van der Waals surface area contributed by atoms with E-state index in [0.29, 0.717) is 6.04 Å². The van der Waals surface area contributed by atoms with Crippen molar-refractivity contribution >= 4 is 10.8 Å². The van der Waals surface area contributed by atoms with Gasteiger partial charge in [0.15, 0.2) is 0 Å². The van der Waals surface area contributed by atoms with Crippen LogP contribution in [-0.2, 0) is 6.54 Å². The Labute approximate surface area is 127 Å². The zero-order chi connectivity index (χ0) is 14.7. The molecule has 112 valence electrons. The van der Waals surface area contributed by atoms with Crippen LogP contribution in [0.15, 0.2) is 36.4 Å². The molecule has 0 heterocycles. The highest BCUT2D eigenvalue weighted by atomic mass is 16.5. The number of ether oxygens (including phenoxy) is 1. The molecule has 2 aromatic carbocycles. The average Bonchev–Trinajstić information content (AvgIpc) is 3.06. The molecule has 2 aromatic rings. The van der Waals surface area contributed by atoms with Crippen LogP contribution in [0.2, 0.25) is 0 Å². The van der Waals surface area contributed by atoms with Gasteiger partial charge in [0.1, 0.15) is 5.75 Å². The molecule has 21 heavy (non-hydrogen) atoms. The fourth-order valence-electron chi connectivity index (χ4n) is 3.41. The Morgan fingerprint density at radius 2 is 1.81 bits per heavy atom. The number of methoxy groups -OCH3 is 1. The Balaban J connectivity index is 1.66. The zero-order valence-corrected chi connectivity index (χ0v) is 13.1. The Morgan fingerprint density at radius 3 is 2.57 bits per heavy atom. The summed E-state index contributed by atoms with van der Waals surface area (Å²) in [5, 5.41) is 6.22. The van der Waals surface area contributed by atoms with Crippen LogP contribution in [0.4, 0.5) is 0 Å². The SMILES string of the molecule is COc1ccc2cc(CNC(C)C3CCCC3)ccc2c1. The molecule has 1 fully saturated rings. The monoisotopic (exact) mass is 283 g/mol. The molecule has 0 amide bonds. The Morgan fingerprint density at radius 1 is 1.10 bits per heavy atom. The van der Waals surface area contributed by atoms with Gasteiger partial charge in [-0.2, -0.15) is 0 Å². The van der Waals surface area contributed by atoms with Crippen molar-refractivity contribution in [2.75, 3.05) is 7.11 Å². The minimum atomic E-state index is 0.624. The summed E-state index contributed by atoms with van der Waals surface area (Å²) in [5.41, 5.74) is 1.36. The molecule has 0 aliphatic heterocycles. The molecule has 0 saturated heterocycles. The molecule has 0 bridgehead atoms. The maximum absolute atomic E-state index is 5.28. The van der Waals surface area contributed by atoms with Crippen LogP contribution in [0.25, 0.3) is 10.8 Å². The molecule has 1 saturated carbocycles. The quantitative estimate of drug-likeness (QED) is 0.871. The number of rotatable bonds is 5. The van der Waals surface area contributed by atoms with E-state index in [4.69, 9.17) is 4.74 Å². The summed E-state index contributed by atoms with van der Waals surface area (Å²) in [6.45, 7) is 3.29. The van der Waals surface area contributed by atoms with E-state index in [-0.39, 0.29) is 0 Å². The van der Waals surface area contributed by atoms with Crippen LogP contribution in [0.5, 0.6) is 5.75 Å². The molecule has 0 spiro atoms. The first-order valence-electron chi connectivity index (χ1n) is 8.06. The van der Waals surface area contributed by atoms with Crippen molar-refractivity contribution in [2.45, 2.75) is 45.2 Å². The van der Waals surface area contributed by atoms with Crippen molar-refractivity contribution in [3.05, 3.63) is 42.0 Å². The van der Waals surface area contributed by atoms with Crippen molar-refractivity contribution in [1.29, 1.82) is 0 Å². The summed E-state index contributed by atoms with van der Waals surface area (Å²) in [6, 6.07) is 13.6. The fourth-order valence-corrected chi connectivity index (χ4v) is 3.41. The topological polar surface area (TPSA) is 21.3 Å². The summed E-state index contributed by atoms with van der Waals surface area (Å²) in [5.74, 6) is 1.79. The van der Waals surface area contributed by atoms with Gasteiger partial charge in [0.05, 0.1) is 7.11 Å². The number of nitrogens with one attached hydrogen (secondary N) is 1. The van der Waals surface area contributed by atoms with Gasteiger partial charge in [0.25, 0.3) is 0 Å². The van der Waals surface area contributed by atoms with Crippen molar-refractivity contribution in [3.63, 3.8) is 0 Å². The standard InChI is InChI=1S/C19H25NO/c1-14(16-5-3-4-6-16)20-13-15-7-8-18-12-19(21-2)10-9-17(18)11-15/h7-12,14,16,20H,3-6,13H2,1-2H3. The number of benzene rings is 2. The van der Waals surface area contributed by atoms with E-state index in [1.165, 1.54) is 42.0 Å². The molecular formula is C19H25NO. The Hall–Kier alpha value is -1.54. The smallest absolute Gasteiger partial charge is 0.119 e. The lowest BCUT2D eigenvalue weighted by Crippen LogP contribution is -2.31. The van der Waals surface area contributed by atoms with E-state index < -0.39 is 0 Å². The van der Waals surface area contributed by atoms with Gasteiger partial charge in [0.2, 0.25) is 0 Å². The summed E-state index contributed by atoms with van der Waals surface area (Å²) in [7, 11) is 1.71. The first-order valence-corrected chi connectivity index (χ1v) is 8.06. The van der Waals surface area contributed by atoms with E-state index in [1.54, 1.807) is 7.11 Å². The molecule has 1 unspecified atom stereocenters. The number of hydrogen-bond acceptors (Lipinski definition) is 2. The highest BCUT2D eigenvalue weighted by Crippen LogP contribution is 2.28. The molecule has 1 atom stereocenters. The van der Waals surface area contributed by atoms with Crippen LogP contribution in [0.3, 0.4) is 0 Å². The largest absolute Gasteiger partial charge is 0.497 e. The minimum Gasteiger partial charge on any atom is -0.497 e. The molecule has 2 nitrogen and oxygen atoms in total. The van der Waals surface area contributed by atoms with Crippen molar-refractivity contribution in [1.82, 2.24) is 5.32 Å². The normalized spacial score (nSPS) is 17.2. The van der Waals surface area contributed by atoms with Crippen LogP contribution in [0.1, 0.15) is 38.2 Å². The van der Waals surface area contributed by atoms with Crippen molar-refractivity contribution in [3.8, 4) is 5.75 Å². The van der Waals surface area contributed by atoms with E-state index in [0.717, 1.165) is 18.2 Å². The molecule has 0 radical (unpaired) electrons. The summed E-state index contributed by atoms with van der Waals surface area (Å²) in [4.78, 5) is 0. The van der Waals surface area contributed by atoms with Crippen LogP contribution < -0.4 is 10.1 Å². The van der Waals surface area contributed by atoms with E-state index >= 15 is 0 Å². The Kier molecular flexibility index (Phi) is 4.45. The summed E-state index contributed by atoms with van der Waals surface area (Å²) < 4.78 is 5.28. The van der Waals surface area contributed by atoms with Gasteiger partial charge in [-0.25, -0.2) is 0 Å². The van der Waals surface area contributed by atoms with E-state index in [2.05, 4.69) is 42.6 Å². The molecule has 2 heteroatoms. The summed E-state index contributed by atoms with van der Waals surface area (Å²) >= 11 is 0. The van der Waals surface area contributed by atoms with Crippen LogP contribution >= 0.6 is 0 Å². The first kappa shape index (κ1) is 14.4. The molecule has 0 aromatic heterocycles. The van der Waals surface area contributed by atoms with Crippen LogP contribution in [0, 0.1) is 5.92 Å². The maximum Gasteiger partial charge on any atom is 0.119 e. The van der Waals surface area contributed by atoms with E-state index in [9.17, 15) is 0 Å². The van der Waals surface area contributed by atoms with Gasteiger partial charge >= 0.3 is 0 Å². The Bertz CT molecular complexity index is 602. The second-order valence-corrected chi connectivity index (χ2v) is 6.26. The third-order valence-corrected chi connectivity index (χ3v) is 4.85. The zero-order valence-electron chi connectivity index (χ0n) is 13.1. The lowest BCUT2D eigenvalue weighted by atomic mass is 9.99. The average molecular weight is 283 g/mol. The minimum absolute atomic E-state index is 0.624. The summed E-state index contributed by atoms with van der Waals surface area (Å²) in [6.07, 6.45) is 5.61. The molecular weight excluding hydrogens is 258 g/mol. The lowest BCUT2D eigenvalue weighted by molar-refractivity contribution is 0.380. The van der Waals surface area contributed by atoms with Gasteiger partial charge < -0.3 is 10.1 Å². The molecule has 1 N–H and O–H groups in total. The third-order valence-electron chi connectivity index (χ3n) is 4.85. The fraction of sp³-hybridized carbons (Fsp3) is 0.474. The van der Waals surface area contributed by atoms with Crippen molar-refractivity contribution < 1.29 is 4.74 Å². The second kappa shape index (κ2) is 6.48. The van der Waals surface area contributed by atoms with Crippen molar-refractivity contribution in [2.24, 2.45) is 5.92 Å². The third kappa shape index (κ3) is 3.38. The van der Waals surface area contributed by atoms with Gasteiger partial charge in [0, 0.05) is 12.6 Å². The predicted molar refractivity (Wildman–Crippen MR) is 88.8 cm³/mol. The lowest BCUT2D eigenvalue weighted by Gasteiger charge is -2.20. The van der Waals surface area contributed by atoms with Gasteiger partial charge in [-0.3, -0.25) is 0 Å². The van der Waals surface area contributed by atoms with Gasteiger partial charge in [-0.05, 0) is 60.2 Å². The van der Waals surface area contributed by atoms with Crippen LogP contribution in [-0.4, -0.2) is 13.2 Å². The highest BCUT2D eigenvalue weighted by Gasteiger charge is 2.20. The number of fused-ring (bicyclic) bond motifs is 1. The second-order valence-electron chi connectivity index (χ2n) is 6.26. The van der Waals surface area contributed by atoms with Gasteiger partial charge in [-0.15, -0.1) is 0 Å². The molecule has 3 rings (SSSR count). The highest BCUT2D eigenvalue weighted by molar-refractivity contribution is 5.84. The maximum atomic E-state index is 5.28.